The molecule has 11 heavy (non-hydrogen) atoms. The van der Waals surface area contributed by atoms with Crippen molar-refractivity contribution in [2.75, 3.05) is 13.6 Å². The molecular formula is C9H13NO. The summed E-state index contributed by atoms with van der Waals surface area (Å²) >= 11 is 0. The summed E-state index contributed by atoms with van der Waals surface area (Å²) in [6.45, 7) is 5.99. The van der Waals surface area contributed by atoms with E-state index in [4.69, 9.17) is 4.74 Å². The molecule has 0 aromatic heterocycles. The highest BCUT2D eigenvalue weighted by atomic mass is 16.5. The largest absolute Gasteiger partial charge is 0.479 e. The Hall–Kier alpha value is -0.920. The standard InChI is InChI=1S/C9H13NO/c1-3-6-10(2)9-5-4-7-11-8-9/h4-5,7H,3,6H2,1-2H3. The average Bonchev–Trinajstić information content (AvgIpc) is 2.07. The van der Waals surface area contributed by atoms with Gasteiger partial charge in [-0.1, -0.05) is 6.92 Å². The van der Waals surface area contributed by atoms with Crippen molar-refractivity contribution < 1.29 is 4.74 Å². The fourth-order valence-corrected chi connectivity index (χ4v) is 0.959. The number of rotatable bonds is 3. The molecule has 1 rings (SSSR count). The zero-order chi connectivity index (χ0) is 8.10. The molecule has 0 amide bonds. The van der Waals surface area contributed by atoms with E-state index in [1.54, 1.807) is 6.26 Å². The molecule has 0 spiro atoms. The normalized spacial score (nSPS) is 15.6. The summed E-state index contributed by atoms with van der Waals surface area (Å²) in [6, 6.07) is 0. The van der Waals surface area contributed by atoms with Crippen molar-refractivity contribution in [3.8, 4) is 0 Å². The fourth-order valence-electron chi connectivity index (χ4n) is 0.959. The highest BCUT2D eigenvalue weighted by Gasteiger charge is 2.06. The quantitative estimate of drug-likeness (QED) is 0.609. The van der Waals surface area contributed by atoms with E-state index in [0.29, 0.717) is 0 Å². The molecule has 1 heterocycles. The van der Waals surface area contributed by atoms with Crippen LogP contribution in [0.5, 0.6) is 0 Å². The van der Waals surface area contributed by atoms with Crippen LogP contribution in [0, 0.1) is 6.61 Å². The summed E-state index contributed by atoms with van der Waals surface area (Å²) in [5, 5.41) is 0. The Labute approximate surface area is 68.1 Å². The van der Waals surface area contributed by atoms with Gasteiger partial charge in [0.05, 0.1) is 12.0 Å². The summed E-state index contributed by atoms with van der Waals surface area (Å²) in [7, 11) is 2.03. The lowest BCUT2D eigenvalue weighted by molar-refractivity contribution is 0.297. The minimum absolute atomic E-state index is 1.01. The van der Waals surface area contributed by atoms with Crippen LogP contribution < -0.4 is 0 Å². The van der Waals surface area contributed by atoms with Gasteiger partial charge in [0, 0.05) is 13.6 Å². The number of hydrogen-bond donors (Lipinski definition) is 0. The monoisotopic (exact) mass is 151 g/mol. The first-order valence-corrected chi connectivity index (χ1v) is 3.84. The first-order chi connectivity index (χ1) is 5.34. The molecule has 0 fully saturated rings. The molecule has 0 saturated carbocycles. The van der Waals surface area contributed by atoms with Gasteiger partial charge >= 0.3 is 0 Å². The van der Waals surface area contributed by atoms with Gasteiger partial charge in [0.1, 0.15) is 0 Å². The van der Waals surface area contributed by atoms with Crippen LogP contribution in [-0.2, 0) is 4.74 Å². The van der Waals surface area contributed by atoms with Gasteiger partial charge in [0.25, 0.3) is 0 Å². The maximum Gasteiger partial charge on any atom is 0.246 e. The van der Waals surface area contributed by atoms with E-state index in [-0.39, 0.29) is 0 Å². The van der Waals surface area contributed by atoms with Crippen LogP contribution in [-0.4, -0.2) is 18.5 Å². The molecular weight excluding hydrogens is 138 g/mol. The number of hydrogen-bond acceptors (Lipinski definition) is 2. The van der Waals surface area contributed by atoms with Crippen molar-refractivity contribution >= 4 is 0 Å². The van der Waals surface area contributed by atoms with Gasteiger partial charge in [0.15, 0.2) is 0 Å². The zero-order valence-corrected chi connectivity index (χ0v) is 7.00. The first kappa shape index (κ1) is 8.18. The number of nitrogens with zero attached hydrogens (tertiary/aromatic N) is 1. The second kappa shape index (κ2) is 4.06. The van der Waals surface area contributed by atoms with Crippen molar-refractivity contribution in [1.29, 1.82) is 0 Å². The number of likely N-dealkylation sites (N-methyl/N-ethyl adjacent to an activating group) is 1. The third kappa shape index (κ3) is 2.30. The van der Waals surface area contributed by atoms with E-state index < -0.39 is 0 Å². The van der Waals surface area contributed by atoms with Crippen LogP contribution in [0.1, 0.15) is 13.3 Å². The SMILES string of the molecule is CCCN(C)C1=CC=CO[C]1. The predicted molar refractivity (Wildman–Crippen MR) is 44.5 cm³/mol. The maximum absolute atomic E-state index is 4.91. The van der Waals surface area contributed by atoms with Gasteiger partial charge in [-0.25, -0.2) is 0 Å². The Kier molecular flexibility index (Phi) is 3.02. The molecule has 0 unspecified atom stereocenters. The molecule has 0 aromatic rings. The Balaban J connectivity index is 2.44. The van der Waals surface area contributed by atoms with E-state index in [1.165, 1.54) is 0 Å². The van der Waals surface area contributed by atoms with Gasteiger partial charge in [-0.3, -0.25) is 0 Å². The molecule has 0 saturated heterocycles. The summed E-state index contributed by atoms with van der Waals surface area (Å²) in [4.78, 5) is 2.11. The van der Waals surface area contributed by atoms with Gasteiger partial charge < -0.3 is 9.64 Å². The van der Waals surface area contributed by atoms with Gasteiger partial charge in [-0.05, 0) is 18.6 Å². The Morgan fingerprint density at radius 1 is 1.64 bits per heavy atom. The molecule has 2 radical (unpaired) electrons. The van der Waals surface area contributed by atoms with E-state index in [2.05, 4.69) is 18.4 Å². The molecule has 0 aliphatic carbocycles. The lowest BCUT2D eigenvalue weighted by Crippen LogP contribution is -2.19. The minimum atomic E-state index is 1.01. The highest BCUT2D eigenvalue weighted by Crippen LogP contribution is 2.11. The number of ether oxygens (including phenoxy) is 1. The molecule has 60 valence electrons. The fraction of sp³-hybridized carbons (Fsp3) is 0.444. The van der Waals surface area contributed by atoms with Crippen LogP contribution in [0.2, 0.25) is 0 Å². The van der Waals surface area contributed by atoms with Gasteiger partial charge in [-0.15, -0.1) is 0 Å². The third-order valence-corrected chi connectivity index (χ3v) is 1.53. The second-order valence-corrected chi connectivity index (χ2v) is 2.52. The van der Waals surface area contributed by atoms with E-state index in [9.17, 15) is 0 Å². The van der Waals surface area contributed by atoms with Gasteiger partial charge in [-0.2, -0.15) is 0 Å². The van der Waals surface area contributed by atoms with E-state index in [1.807, 2.05) is 19.2 Å². The molecule has 0 bridgehead atoms. The zero-order valence-electron chi connectivity index (χ0n) is 7.00. The van der Waals surface area contributed by atoms with E-state index >= 15 is 0 Å². The molecule has 1 aliphatic heterocycles. The lowest BCUT2D eigenvalue weighted by atomic mass is 10.3. The van der Waals surface area contributed by atoms with Crippen molar-refractivity contribution in [2.24, 2.45) is 0 Å². The van der Waals surface area contributed by atoms with Crippen LogP contribution in [0.25, 0.3) is 0 Å². The van der Waals surface area contributed by atoms with Crippen molar-refractivity contribution in [1.82, 2.24) is 4.90 Å². The first-order valence-electron chi connectivity index (χ1n) is 3.84. The Morgan fingerprint density at radius 3 is 3.00 bits per heavy atom. The van der Waals surface area contributed by atoms with Crippen molar-refractivity contribution in [3.63, 3.8) is 0 Å². The maximum atomic E-state index is 4.91. The average molecular weight is 151 g/mol. The Bertz CT molecular complexity index is 172. The van der Waals surface area contributed by atoms with Gasteiger partial charge in [0.2, 0.25) is 6.61 Å². The van der Waals surface area contributed by atoms with Crippen LogP contribution in [0.3, 0.4) is 0 Å². The second-order valence-electron chi connectivity index (χ2n) is 2.52. The smallest absolute Gasteiger partial charge is 0.246 e. The predicted octanol–water partition coefficient (Wildman–Crippen LogP) is 1.79. The molecule has 0 atom stereocenters. The minimum Gasteiger partial charge on any atom is -0.479 e. The molecule has 1 aliphatic rings. The molecule has 0 aromatic carbocycles. The summed E-state index contributed by atoms with van der Waals surface area (Å²) in [5.74, 6) is 0. The molecule has 2 nitrogen and oxygen atoms in total. The van der Waals surface area contributed by atoms with Crippen molar-refractivity contribution in [2.45, 2.75) is 13.3 Å². The Morgan fingerprint density at radius 2 is 2.45 bits per heavy atom. The van der Waals surface area contributed by atoms with Crippen LogP contribution in [0.4, 0.5) is 0 Å². The summed E-state index contributed by atoms with van der Waals surface area (Å²) in [5.41, 5.74) is 1.01. The summed E-state index contributed by atoms with van der Waals surface area (Å²) in [6.07, 6.45) is 6.61. The molecule has 0 N–H and O–H groups in total. The van der Waals surface area contributed by atoms with Crippen LogP contribution >= 0.6 is 0 Å². The third-order valence-electron chi connectivity index (χ3n) is 1.53. The number of allylic oxidation sites excluding steroid dienone is 2. The molecule has 2 heteroatoms. The lowest BCUT2D eigenvalue weighted by Gasteiger charge is -2.21. The van der Waals surface area contributed by atoms with Crippen LogP contribution in [0.15, 0.2) is 24.1 Å². The topological polar surface area (TPSA) is 12.5 Å². The van der Waals surface area contributed by atoms with Crippen molar-refractivity contribution in [3.05, 3.63) is 30.7 Å². The van der Waals surface area contributed by atoms with E-state index in [0.717, 1.165) is 18.7 Å². The summed E-state index contributed by atoms with van der Waals surface area (Å²) < 4.78 is 4.91. The highest BCUT2D eigenvalue weighted by molar-refractivity contribution is 5.18.